The van der Waals surface area contributed by atoms with E-state index in [1.807, 2.05) is 0 Å². The van der Waals surface area contributed by atoms with Crippen molar-refractivity contribution in [3.8, 4) is 11.5 Å². The summed E-state index contributed by atoms with van der Waals surface area (Å²) in [6, 6.07) is 5.06. The highest BCUT2D eigenvalue weighted by Gasteiger charge is 2.37. The van der Waals surface area contributed by atoms with Gasteiger partial charge in [-0.15, -0.1) is 0 Å². The third-order valence-electron chi connectivity index (χ3n) is 4.57. The van der Waals surface area contributed by atoms with Crippen LogP contribution in [0.15, 0.2) is 51.7 Å². The molecule has 1 aliphatic rings. The summed E-state index contributed by atoms with van der Waals surface area (Å²) >= 11 is 0. The van der Waals surface area contributed by atoms with Crippen LogP contribution in [0.25, 0.3) is 0 Å². The Morgan fingerprint density at radius 2 is 1.97 bits per heavy atom. The number of ether oxygens (including phenoxy) is 3. The minimum absolute atomic E-state index is 0.00637. The second kappa shape index (κ2) is 8.09. The smallest absolute Gasteiger partial charge is 0.337 e. The summed E-state index contributed by atoms with van der Waals surface area (Å²) in [6.07, 6.45) is 1.45. The van der Waals surface area contributed by atoms with E-state index in [0.29, 0.717) is 22.8 Å². The number of aromatic amines is 2. The van der Waals surface area contributed by atoms with Crippen LogP contribution in [0.2, 0.25) is 0 Å². The molecule has 1 atom stereocenters. The Kier molecular flexibility index (Phi) is 5.58. The summed E-state index contributed by atoms with van der Waals surface area (Å²) in [6.45, 7) is 5.21. The lowest BCUT2D eigenvalue weighted by atomic mass is 9.81. The molecule has 0 spiro atoms. The van der Waals surface area contributed by atoms with Crippen molar-refractivity contribution in [3.05, 3.63) is 74.1 Å². The molecule has 9 nitrogen and oxygen atoms in total. The number of H-pyrrole nitrogens is 2. The molecule has 0 radical (unpaired) electrons. The standard InChI is InChI=1S/C20H21N3O6/c1-5-8-29-19(25)14-10(2)21-17-16(18(24)23-20(26)22-17)15(14)12-9-11(27-3)6-7-13(12)28-4/h5-7,9,15H,1,8H2,2-4H3,(H3,21,22,23,24,26). The van der Waals surface area contributed by atoms with E-state index in [-0.39, 0.29) is 23.6 Å². The molecule has 2 aromatic rings. The molecule has 0 bridgehead atoms. The van der Waals surface area contributed by atoms with Gasteiger partial charge in [-0.3, -0.25) is 14.8 Å². The predicted octanol–water partition coefficient (Wildman–Crippen LogP) is 1.64. The third-order valence-corrected chi connectivity index (χ3v) is 4.57. The maximum absolute atomic E-state index is 12.9. The minimum Gasteiger partial charge on any atom is -0.497 e. The highest BCUT2D eigenvalue weighted by molar-refractivity contribution is 5.94. The van der Waals surface area contributed by atoms with E-state index in [1.165, 1.54) is 20.3 Å². The Balaban J connectivity index is 2.32. The minimum atomic E-state index is -0.866. The average Bonchev–Trinajstić information content (AvgIpc) is 2.70. The van der Waals surface area contributed by atoms with Gasteiger partial charge in [0, 0.05) is 11.3 Å². The van der Waals surface area contributed by atoms with E-state index < -0.39 is 23.1 Å². The highest BCUT2D eigenvalue weighted by atomic mass is 16.5. The van der Waals surface area contributed by atoms with Gasteiger partial charge in [0.05, 0.1) is 31.3 Å². The van der Waals surface area contributed by atoms with Crippen LogP contribution >= 0.6 is 0 Å². The summed E-state index contributed by atoms with van der Waals surface area (Å²) in [7, 11) is 2.99. The Morgan fingerprint density at radius 1 is 1.21 bits per heavy atom. The fourth-order valence-corrected chi connectivity index (χ4v) is 3.35. The number of carbonyl (C=O) groups is 1. The van der Waals surface area contributed by atoms with Crippen molar-refractivity contribution in [2.75, 3.05) is 26.1 Å². The van der Waals surface area contributed by atoms with Gasteiger partial charge in [-0.2, -0.15) is 0 Å². The number of nitrogens with one attached hydrogen (secondary N) is 3. The van der Waals surface area contributed by atoms with Crippen LogP contribution in [0.1, 0.15) is 24.0 Å². The van der Waals surface area contributed by atoms with E-state index in [0.717, 1.165) is 0 Å². The molecule has 0 saturated heterocycles. The van der Waals surface area contributed by atoms with E-state index in [2.05, 4.69) is 21.9 Å². The molecule has 3 N–H and O–H groups in total. The Hall–Kier alpha value is -3.75. The molecule has 0 amide bonds. The highest BCUT2D eigenvalue weighted by Crippen LogP contribution is 2.43. The van der Waals surface area contributed by atoms with Crippen molar-refractivity contribution in [2.24, 2.45) is 0 Å². The maximum atomic E-state index is 12.9. The zero-order valence-corrected chi connectivity index (χ0v) is 16.3. The molecular formula is C20H21N3O6. The van der Waals surface area contributed by atoms with Gasteiger partial charge < -0.3 is 19.5 Å². The third kappa shape index (κ3) is 3.66. The number of rotatable bonds is 6. The van der Waals surface area contributed by atoms with E-state index >= 15 is 0 Å². The number of benzene rings is 1. The quantitative estimate of drug-likeness (QED) is 0.498. The van der Waals surface area contributed by atoms with Gasteiger partial charge in [0.1, 0.15) is 23.9 Å². The molecule has 2 heterocycles. The average molecular weight is 399 g/mol. The summed E-state index contributed by atoms with van der Waals surface area (Å²) in [5.74, 6) is -0.337. The van der Waals surface area contributed by atoms with Crippen LogP contribution in [-0.2, 0) is 9.53 Å². The van der Waals surface area contributed by atoms with Gasteiger partial charge in [-0.25, -0.2) is 9.59 Å². The SMILES string of the molecule is C=CCOC(=O)C1=C(C)Nc2[nH]c(=O)[nH]c(=O)c2C1c1cc(OC)ccc1OC. The normalized spacial score (nSPS) is 15.2. The number of fused-ring (bicyclic) bond motifs is 1. The molecule has 9 heteroatoms. The van der Waals surface area contributed by atoms with Gasteiger partial charge in [0.15, 0.2) is 0 Å². The maximum Gasteiger partial charge on any atom is 0.337 e. The summed E-state index contributed by atoms with van der Waals surface area (Å²) in [4.78, 5) is 42.2. The van der Waals surface area contributed by atoms with Crippen molar-refractivity contribution in [3.63, 3.8) is 0 Å². The summed E-state index contributed by atoms with van der Waals surface area (Å²) < 4.78 is 16.0. The van der Waals surface area contributed by atoms with Gasteiger partial charge in [-0.05, 0) is 25.1 Å². The van der Waals surface area contributed by atoms with Crippen molar-refractivity contribution in [2.45, 2.75) is 12.8 Å². The lowest BCUT2D eigenvalue weighted by molar-refractivity contribution is -0.138. The molecule has 1 aromatic heterocycles. The first-order valence-electron chi connectivity index (χ1n) is 8.75. The van der Waals surface area contributed by atoms with Gasteiger partial charge >= 0.3 is 11.7 Å². The number of esters is 1. The van der Waals surface area contributed by atoms with Crippen molar-refractivity contribution in [1.29, 1.82) is 0 Å². The van der Waals surface area contributed by atoms with Crippen LogP contribution in [0.5, 0.6) is 11.5 Å². The molecule has 0 aliphatic carbocycles. The van der Waals surface area contributed by atoms with Crippen molar-refractivity contribution < 1.29 is 19.0 Å². The van der Waals surface area contributed by atoms with Crippen LogP contribution in [0, 0.1) is 0 Å². The second-order valence-electron chi connectivity index (χ2n) is 6.29. The number of anilines is 1. The topological polar surface area (TPSA) is 123 Å². The van der Waals surface area contributed by atoms with E-state index in [9.17, 15) is 14.4 Å². The largest absolute Gasteiger partial charge is 0.497 e. The monoisotopic (exact) mass is 399 g/mol. The number of allylic oxidation sites excluding steroid dienone is 1. The number of aromatic nitrogens is 2. The zero-order valence-electron chi connectivity index (χ0n) is 16.3. The van der Waals surface area contributed by atoms with E-state index in [4.69, 9.17) is 14.2 Å². The zero-order chi connectivity index (χ0) is 21.1. The first-order valence-corrected chi connectivity index (χ1v) is 8.75. The van der Waals surface area contributed by atoms with Crippen molar-refractivity contribution >= 4 is 11.8 Å². The van der Waals surface area contributed by atoms with E-state index in [1.54, 1.807) is 25.1 Å². The fourth-order valence-electron chi connectivity index (χ4n) is 3.35. The van der Waals surface area contributed by atoms with Crippen LogP contribution in [0.3, 0.4) is 0 Å². The Bertz CT molecular complexity index is 1110. The van der Waals surface area contributed by atoms with Crippen LogP contribution in [-0.4, -0.2) is 36.8 Å². The second-order valence-corrected chi connectivity index (χ2v) is 6.29. The lowest BCUT2D eigenvalue weighted by Crippen LogP contribution is -2.35. The number of methoxy groups -OCH3 is 2. The number of hydrogen-bond acceptors (Lipinski definition) is 7. The van der Waals surface area contributed by atoms with Gasteiger partial charge in [-0.1, -0.05) is 12.7 Å². The lowest BCUT2D eigenvalue weighted by Gasteiger charge is -2.29. The molecule has 0 fully saturated rings. The molecule has 3 rings (SSSR count). The van der Waals surface area contributed by atoms with Crippen molar-refractivity contribution in [1.82, 2.24) is 9.97 Å². The predicted molar refractivity (Wildman–Crippen MR) is 107 cm³/mol. The number of carbonyl (C=O) groups excluding carboxylic acids is 1. The first kappa shape index (κ1) is 20.0. The Labute approximate surface area is 166 Å². The molecule has 0 saturated carbocycles. The van der Waals surface area contributed by atoms with Gasteiger partial charge in [0.25, 0.3) is 5.56 Å². The summed E-state index contributed by atoms with van der Waals surface area (Å²) in [5.41, 5.74) is 0.0197. The van der Waals surface area contributed by atoms with Crippen LogP contribution in [0.4, 0.5) is 5.82 Å². The summed E-state index contributed by atoms with van der Waals surface area (Å²) in [5, 5.41) is 2.92. The van der Waals surface area contributed by atoms with Gasteiger partial charge in [0.2, 0.25) is 0 Å². The Morgan fingerprint density at radius 3 is 2.62 bits per heavy atom. The first-order chi connectivity index (χ1) is 13.9. The molecule has 29 heavy (non-hydrogen) atoms. The van der Waals surface area contributed by atoms with Crippen LogP contribution < -0.4 is 26.0 Å². The molecule has 1 unspecified atom stereocenters. The number of hydrogen-bond donors (Lipinski definition) is 3. The molecular weight excluding hydrogens is 378 g/mol. The fraction of sp³-hybridized carbons (Fsp3) is 0.250. The molecule has 152 valence electrons. The molecule has 1 aliphatic heterocycles. The molecule has 1 aromatic carbocycles.